The van der Waals surface area contributed by atoms with E-state index in [1.807, 2.05) is 30.3 Å². The number of carbonyl (C=O) groups excluding carboxylic acids is 1. The number of ether oxygens (including phenoxy) is 1. The Morgan fingerprint density at radius 1 is 1.24 bits per heavy atom. The van der Waals surface area contributed by atoms with E-state index in [2.05, 4.69) is 38.8 Å². The first-order valence-corrected chi connectivity index (χ1v) is 11.9. The number of thiophene rings is 1. The van der Waals surface area contributed by atoms with Crippen LogP contribution in [0.15, 0.2) is 51.0 Å². The van der Waals surface area contributed by atoms with Gasteiger partial charge in [0.1, 0.15) is 16.9 Å². The van der Waals surface area contributed by atoms with Gasteiger partial charge in [0.15, 0.2) is 0 Å². The number of hydrogen-bond acceptors (Lipinski definition) is 7. The third-order valence-electron chi connectivity index (χ3n) is 5.84. The largest absolute Gasteiger partial charge is 0.497 e. The number of nitrogens with zero attached hydrogens (tertiary/aromatic N) is 2. The van der Waals surface area contributed by atoms with Gasteiger partial charge >= 0.3 is 0 Å². The van der Waals surface area contributed by atoms with Gasteiger partial charge in [-0.1, -0.05) is 18.2 Å². The Morgan fingerprint density at radius 3 is 2.68 bits per heavy atom. The molecule has 0 aliphatic rings. The molecule has 4 aromatic rings. The fourth-order valence-electron chi connectivity index (χ4n) is 4.06. The van der Waals surface area contributed by atoms with E-state index in [0.29, 0.717) is 28.8 Å². The van der Waals surface area contributed by atoms with Crippen molar-refractivity contribution in [3.63, 3.8) is 0 Å². The van der Waals surface area contributed by atoms with Gasteiger partial charge in [0, 0.05) is 17.5 Å². The number of aromatic amines is 1. The summed E-state index contributed by atoms with van der Waals surface area (Å²) in [6.45, 7) is 6.39. The maximum Gasteiger partial charge on any atom is 0.277 e. The highest BCUT2D eigenvalue weighted by Crippen LogP contribution is 2.28. The number of H-pyrrole nitrogens is 1. The highest BCUT2D eigenvalue weighted by molar-refractivity contribution is 7.09. The minimum atomic E-state index is -0.395. The van der Waals surface area contributed by atoms with Crippen molar-refractivity contribution in [1.29, 1.82) is 0 Å². The van der Waals surface area contributed by atoms with E-state index >= 15 is 0 Å². The fraction of sp³-hybridized carbons (Fsp3) is 0.320. The number of fused-ring (bicyclic) bond motifs is 1. The van der Waals surface area contributed by atoms with Crippen LogP contribution in [0, 0.1) is 13.8 Å². The molecule has 8 nitrogen and oxygen atoms in total. The lowest BCUT2D eigenvalue weighted by Gasteiger charge is -2.28. The van der Waals surface area contributed by atoms with Crippen LogP contribution in [0.25, 0.3) is 10.8 Å². The van der Waals surface area contributed by atoms with Crippen molar-refractivity contribution in [3.05, 3.63) is 74.0 Å². The summed E-state index contributed by atoms with van der Waals surface area (Å²) in [5.74, 6) is 1.23. The molecule has 1 amide bonds. The molecule has 0 bridgehead atoms. The Labute approximate surface area is 201 Å². The molecule has 0 fully saturated rings. The summed E-state index contributed by atoms with van der Waals surface area (Å²) in [7, 11) is 1.64. The van der Waals surface area contributed by atoms with Crippen molar-refractivity contribution < 1.29 is 13.9 Å². The Hall–Kier alpha value is -3.43. The van der Waals surface area contributed by atoms with E-state index in [1.165, 1.54) is 4.88 Å². The molecule has 3 heterocycles. The Balaban J connectivity index is 1.55. The van der Waals surface area contributed by atoms with Gasteiger partial charge in [-0.15, -0.1) is 11.3 Å². The van der Waals surface area contributed by atoms with Gasteiger partial charge in [-0.3, -0.25) is 19.8 Å². The van der Waals surface area contributed by atoms with Crippen LogP contribution in [0.4, 0.5) is 5.88 Å². The van der Waals surface area contributed by atoms with Crippen LogP contribution in [0.2, 0.25) is 0 Å². The molecule has 0 radical (unpaired) electrons. The van der Waals surface area contributed by atoms with Crippen molar-refractivity contribution in [3.8, 4) is 5.75 Å². The van der Waals surface area contributed by atoms with Crippen LogP contribution in [0.5, 0.6) is 5.75 Å². The summed E-state index contributed by atoms with van der Waals surface area (Å²) >= 11 is 1.71. The second-order valence-corrected chi connectivity index (χ2v) is 9.34. The van der Waals surface area contributed by atoms with Crippen LogP contribution in [0.1, 0.15) is 28.8 Å². The highest BCUT2D eigenvalue weighted by Gasteiger charge is 2.22. The molecule has 1 aromatic carbocycles. The van der Waals surface area contributed by atoms with Crippen molar-refractivity contribution in [2.45, 2.75) is 39.8 Å². The summed E-state index contributed by atoms with van der Waals surface area (Å²) < 4.78 is 11.0. The van der Waals surface area contributed by atoms with Crippen molar-refractivity contribution in [1.82, 2.24) is 15.1 Å². The Kier molecular flexibility index (Phi) is 7.14. The van der Waals surface area contributed by atoms with Crippen molar-refractivity contribution in [2.75, 3.05) is 19.0 Å². The van der Waals surface area contributed by atoms with Crippen LogP contribution in [0.3, 0.4) is 0 Å². The minimum Gasteiger partial charge on any atom is -0.497 e. The first-order chi connectivity index (χ1) is 16.4. The maximum atomic E-state index is 13.1. The Bertz CT molecular complexity index is 1330. The lowest BCUT2D eigenvalue weighted by molar-refractivity contribution is -0.118. The van der Waals surface area contributed by atoms with Crippen molar-refractivity contribution in [2.24, 2.45) is 0 Å². The number of anilines is 1. The quantitative estimate of drug-likeness (QED) is 0.371. The van der Waals surface area contributed by atoms with Gasteiger partial charge < -0.3 is 9.15 Å². The van der Waals surface area contributed by atoms with Crippen LogP contribution >= 0.6 is 11.3 Å². The minimum absolute atomic E-state index is 0.108. The summed E-state index contributed by atoms with van der Waals surface area (Å²) in [4.78, 5) is 28.9. The van der Waals surface area contributed by atoms with E-state index in [9.17, 15) is 9.59 Å². The van der Waals surface area contributed by atoms with Gasteiger partial charge in [-0.2, -0.15) is 5.10 Å². The van der Waals surface area contributed by atoms with E-state index in [0.717, 1.165) is 17.7 Å². The maximum absolute atomic E-state index is 13.1. The number of furan rings is 1. The predicted molar refractivity (Wildman–Crippen MR) is 134 cm³/mol. The predicted octanol–water partition coefficient (Wildman–Crippen LogP) is 4.27. The molecule has 1 atom stereocenters. The molecule has 0 saturated carbocycles. The monoisotopic (exact) mass is 480 g/mol. The second kappa shape index (κ2) is 10.2. The number of rotatable bonds is 9. The van der Waals surface area contributed by atoms with Gasteiger partial charge in [-0.25, -0.2) is 5.10 Å². The number of aryl methyl sites for hydroxylation is 2. The molecular formula is C25H28N4O4S. The third-order valence-corrected chi connectivity index (χ3v) is 6.74. The second-order valence-electron chi connectivity index (χ2n) is 8.31. The van der Waals surface area contributed by atoms with Crippen molar-refractivity contribution >= 4 is 33.9 Å². The van der Waals surface area contributed by atoms with Crippen LogP contribution < -0.4 is 15.6 Å². The lowest BCUT2D eigenvalue weighted by atomic mass is 10.1. The van der Waals surface area contributed by atoms with Crippen LogP contribution in [-0.4, -0.2) is 40.7 Å². The molecule has 3 aromatic heterocycles. The smallest absolute Gasteiger partial charge is 0.277 e. The van der Waals surface area contributed by atoms with Crippen LogP contribution in [-0.2, 0) is 17.8 Å². The summed E-state index contributed by atoms with van der Waals surface area (Å²) in [5, 5.41) is 12.3. The van der Waals surface area contributed by atoms with E-state index in [4.69, 9.17) is 9.15 Å². The standard InChI is InChI=1S/C25H28N4O4S/c1-15(12-20-6-5-11-34-20)29(13-18-7-9-19(32-4)10-8-18)14-21(30)26-25-23-22(17(3)33-25)16(2)27-28-24(23)31/h5-11,15H,12-14H2,1-4H3,(H,26,30)(H,28,31). The molecule has 0 spiro atoms. The summed E-state index contributed by atoms with van der Waals surface area (Å²) in [5.41, 5.74) is 1.32. The molecule has 34 heavy (non-hydrogen) atoms. The number of hydrogen-bond donors (Lipinski definition) is 2. The number of amides is 1. The average Bonchev–Trinajstić information content (AvgIpc) is 3.44. The van der Waals surface area contributed by atoms with E-state index in [-0.39, 0.29) is 24.4 Å². The number of carbonyl (C=O) groups is 1. The SMILES string of the molecule is COc1ccc(CN(CC(=O)Nc2oc(C)c3c(C)n[nH]c(=O)c23)C(C)Cc2cccs2)cc1. The topological polar surface area (TPSA) is 100 Å². The Morgan fingerprint density at radius 2 is 2.00 bits per heavy atom. The fourth-order valence-corrected chi connectivity index (χ4v) is 4.89. The summed E-state index contributed by atoms with van der Waals surface area (Å²) in [6, 6.07) is 12.1. The molecule has 9 heteroatoms. The highest BCUT2D eigenvalue weighted by atomic mass is 32.1. The zero-order valence-corrected chi connectivity index (χ0v) is 20.5. The molecule has 0 aliphatic heterocycles. The molecule has 178 valence electrons. The summed E-state index contributed by atoms with van der Waals surface area (Å²) in [6.07, 6.45) is 0.828. The molecule has 4 rings (SSSR count). The molecule has 0 saturated heterocycles. The number of benzene rings is 1. The lowest BCUT2D eigenvalue weighted by Crippen LogP contribution is -2.40. The number of aromatic nitrogens is 2. The van der Waals surface area contributed by atoms with E-state index < -0.39 is 5.56 Å². The average molecular weight is 481 g/mol. The number of methoxy groups -OCH3 is 1. The number of nitrogens with one attached hydrogen (secondary N) is 2. The van der Waals surface area contributed by atoms with E-state index in [1.54, 1.807) is 32.3 Å². The first-order valence-electron chi connectivity index (χ1n) is 11.0. The normalized spacial score (nSPS) is 12.3. The first kappa shape index (κ1) is 23.7. The molecular weight excluding hydrogens is 452 g/mol. The third kappa shape index (κ3) is 5.21. The molecule has 1 unspecified atom stereocenters. The van der Waals surface area contributed by atoms with Gasteiger partial charge in [-0.05, 0) is 56.3 Å². The van der Waals surface area contributed by atoms with Gasteiger partial charge in [0.2, 0.25) is 11.8 Å². The zero-order chi connectivity index (χ0) is 24.2. The molecule has 2 N–H and O–H groups in total. The van der Waals surface area contributed by atoms with Gasteiger partial charge in [0.05, 0.1) is 24.7 Å². The molecule has 0 aliphatic carbocycles. The van der Waals surface area contributed by atoms with Gasteiger partial charge in [0.25, 0.3) is 5.56 Å². The zero-order valence-electron chi connectivity index (χ0n) is 19.7.